The van der Waals surface area contributed by atoms with Crippen molar-refractivity contribution < 1.29 is 24.2 Å². The maximum Gasteiger partial charge on any atom is 0.410 e. The Morgan fingerprint density at radius 3 is 2.50 bits per heavy atom. The van der Waals surface area contributed by atoms with E-state index in [1.165, 1.54) is 17.0 Å². The van der Waals surface area contributed by atoms with Crippen LogP contribution in [-0.4, -0.2) is 46.7 Å². The van der Waals surface area contributed by atoms with Gasteiger partial charge in [-0.3, -0.25) is 4.79 Å². The molecule has 2 aromatic rings. The number of carbonyl (C=O) groups excluding carboxylic acids is 2. The molecular formula is C24H25N3O5. The number of nitriles is 1. The van der Waals surface area contributed by atoms with Crippen LogP contribution in [0.5, 0.6) is 0 Å². The fraction of sp³-hybridized carbons (Fsp3) is 0.333. The lowest BCUT2D eigenvalue weighted by molar-refractivity contribution is -0.119. The molecule has 3 rings (SSSR count). The number of nitrogens with zero attached hydrogens (tertiary/aromatic N) is 2. The van der Waals surface area contributed by atoms with Crippen molar-refractivity contribution in [3.05, 3.63) is 65.2 Å². The monoisotopic (exact) mass is 435 g/mol. The highest BCUT2D eigenvalue weighted by Crippen LogP contribution is 2.35. The lowest BCUT2D eigenvalue weighted by atomic mass is 9.87. The van der Waals surface area contributed by atoms with E-state index < -0.39 is 29.5 Å². The van der Waals surface area contributed by atoms with Crippen LogP contribution < -0.4 is 5.32 Å². The van der Waals surface area contributed by atoms with E-state index in [-0.39, 0.29) is 24.6 Å². The van der Waals surface area contributed by atoms with Crippen LogP contribution in [0.2, 0.25) is 0 Å². The molecule has 0 aromatic heterocycles. The van der Waals surface area contributed by atoms with E-state index in [0.717, 1.165) is 0 Å². The summed E-state index contributed by atoms with van der Waals surface area (Å²) in [6.45, 7) is 5.64. The van der Waals surface area contributed by atoms with Crippen molar-refractivity contribution >= 4 is 23.7 Å². The van der Waals surface area contributed by atoms with Crippen LogP contribution in [0.4, 0.5) is 10.5 Å². The smallest absolute Gasteiger partial charge is 0.410 e. The standard InChI is InChI=1S/C24H25N3O5/c1-24(2,3)32-23(31)27-13-19(16-7-5-8-17(11-16)22(29)30)20(14-27)21(28)26-18-9-4-6-15(10-18)12-25/h4-11,19-20H,13-14H2,1-3H3,(H,26,28)(H,29,30). The molecule has 0 spiro atoms. The average molecular weight is 435 g/mol. The van der Waals surface area contributed by atoms with Gasteiger partial charge < -0.3 is 20.1 Å². The highest BCUT2D eigenvalue weighted by molar-refractivity contribution is 5.94. The molecule has 8 nitrogen and oxygen atoms in total. The second kappa shape index (κ2) is 9.10. The van der Waals surface area contributed by atoms with E-state index in [1.807, 2.05) is 6.07 Å². The van der Waals surface area contributed by atoms with Gasteiger partial charge in [-0.1, -0.05) is 18.2 Å². The normalized spacial score (nSPS) is 18.0. The minimum atomic E-state index is -1.07. The first kappa shape index (κ1) is 22.8. The summed E-state index contributed by atoms with van der Waals surface area (Å²) in [7, 11) is 0. The van der Waals surface area contributed by atoms with Crippen LogP contribution in [0.1, 0.15) is 48.2 Å². The van der Waals surface area contributed by atoms with Gasteiger partial charge in [0.15, 0.2) is 0 Å². The Bertz CT molecular complexity index is 1080. The Hall–Kier alpha value is -3.86. The Morgan fingerprint density at radius 1 is 1.12 bits per heavy atom. The first-order valence-electron chi connectivity index (χ1n) is 10.2. The minimum absolute atomic E-state index is 0.110. The fourth-order valence-corrected chi connectivity index (χ4v) is 3.69. The highest BCUT2D eigenvalue weighted by atomic mass is 16.6. The molecule has 0 bridgehead atoms. The van der Waals surface area contributed by atoms with Gasteiger partial charge in [-0.05, 0) is 56.7 Å². The van der Waals surface area contributed by atoms with E-state index in [0.29, 0.717) is 16.8 Å². The zero-order valence-corrected chi connectivity index (χ0v) is 18.2. The molecule has 2 N–H and O–H groups in total. The minimum Gasteiger partial charge on any atom is -0.478 e. The summed E-state index contributed by atoms with van der Waals surface area (Å²) in [6, 6.07) is 15.0. The Balaban J connectivity index is 1.89. The predicted molar refractivity (Wildman–Crippen MR) is 117 cm³/mol. The van der Waals surface area contributed by atoms with Gasteiger partial charge in [0, 0.05) is 24.7 Å². The molecule has 1 heterocycles. The quantitative estimate of drug-likeness (QED) is 0.753. The topological polar surface area (TPSA) is 120 Å². The second-order valence-electron chi connectivity index (χ2n) is 8.71. The number of nitrogens with one attached hydrogen (secondary N) is 1. The largest absolute Gasteiger partial charge is 0.478 e. The van der Waals surface area contributed by atoms with Gasteiger partial charge in [-0.25, -0.2) is 9.59 Å². The molecule has 1 saturated heterocycles. The van der Waals surface area contributed by atoms with Crippen LogP contribution in [0, 0.1) is 17.2 Å². The van der Waals surface area contributed by atoms with Crippen molar-refractivity contribution in [3.63, 3.8) is 0 Å². The fourth-order valence-electron chi connectivity index (χ4n) is 3.69. The van der Waals surface area contributed by atoms with E-state index in [4.69, 9.17) is 10.00 Å². The Labute approximate surface area is 186 Å². The number of hydrogen-bond acceptors (Lipinski definition) is 5. The maximum atomic E-state index is 13.2. The number of aromatic carboxylic acids is 1. The SMILES string of the molecule is CC(C)(C)OC(=O)N1CC(C(=O)Nc2cccc(C#N)c2)C(c2cccc(C(=O)O)c2)C1. The number of rotatable bonds is 4. The van der Waals surface area contributed by atoms with Crippen LogP contribution in [-0.2, 0) is 9.53 Å². The number of hydrogen-bond donors (Lipinski definition) is 2. The third-order valence-electron chi connectivity index (χ3n) is 5.13. The molecule has 1 aliphatic heterocycles. The Kier molecular flexibility index (Phi) is 6.49. The molecule has 0 aliphatic carbocycles. The Morgan fingerprint density at radius 2 is 1.84 bits per heavy atom. The number of ether oxygens (including phenoxy) is 1. The molecule has 2 unspecified atom stereocenters. The van der Waals surface area contributed by atoms with Crippen molar-refractivity contribution in [1.82, 2.24) is 4.90 Å². The molecule has 8 heteroatoms. The number of amides is 2. The summed E-state index contributed by atoms with van der Waals surface area (Å²) >= 11 is 0. The van der Waals surface area contributed by atoms with Gasteiger partial charge in [0.05, 0.1) is 23.1 Å². The molecule has 32 heavy (non-hydrogen) atoms. The molecule has 2 atom stereocenters. The molecule has 0 radical (unpaired) electrons. The molecule has 166 valence electrons. The number of likely N-dealkylation sites (tertiary alicyclic amines) is 1. The van der Waals surface area contributed by atoms with Crippen LogP contribution >= 0.6 is 0 Å². The number of carbonyl (C=O) groups is 3. The van der Waals surface area contributed by atoms with E-state index in [1.54, 1.807) is 57.2 Å². The van der Waals surface area contributed by atoms with Crippen LogP contribution in [0.15, 0.2) is 48.5 Å². The van der Waals surface area contributed by atoms with Crippen molar-refractivity contribution in [1.29, 1.82) is 5.26 Å². The van der Waals surface area contributed by atoms with Crippen molar-refractivity contribution in [3.8, 4) is 6.07 Å². The zero-order chi connectivity index (χ0) is 23.5. The van der Waals surface area contributed by atoms with Gasteiger partial charge in [-0.15, -0.1) is 0 Å². The molecule has 1 fully saturated rings. The average Bonchev–Trinajstić information content (AvgIpc) is 3.19. The van der Waals surface area contributed by atoms with Gasteiger partial charge in [0.2, 0.25) is 5.91 Å². The third-order valence-corrected chi connectivity index (χ3v) is 5.13. The number of carboxylic acids is 1. The number of carboxylic acid groups (broad SMARTS) is 1. The first-order valence-corrected chi connectivity index (χ1v) is 10.2. The summed E-state index contributed by atoms with van der Waals surface area (Å²) in [5, 5.41) is 21.3. The summed E-state index contributed by atoms with van der Waals surface area (Å²) in [5.41, 5.74) is 0.965. The lowest BCUT2D eigenvalue weighted by Gasteiger charge is -2.24. The summed E-state index contributed by atoms with van der Waals surface area (Å²) in [6.07, 6.45) is -0.529. The molecule has 2 amide bonds. The number of benzene rings is 2. The second-order valence-corrected chi connectivity index (χ2v) is 8.71. The highest BCUT2D eigenvalue weighted by Gasteiger charge is 2.42. The van der Waals surface area contributed by atoms with Crippen molar-refractivity contribution in [2.45, 2.75) is 32.3 Å². The van der Waals surface area contributed by atoms with E-state index >= 15 is 0 Å². The van der Waals surface area contributed by atoms with E-state index in [9.17, 15) is 19.5 Å². The zero-order valence-electron chi connectivity index (χ0n) is 18.2. The van der Waals surface area contributed by atoms with Crippen molar-refractivity contribution in [2.24, 2.45) is 5.92 Å². The number of anilines is 1. The van der Waals surface area contributed by atoms with Gasteiger partial charge in [0.25, 0.3) is 0 Å². The summed E-state index contributed by atoms with van der Waals surface area (Å²) < 4.78 is 5.47. The molecule has 2 aromatic carbocycles. The third kappa shape index (κ3) is 5.43. The molecular weight excluding hydrogens is 410 g/mol. The predicted octanol–water partition coefficient (Wildman–Crippen LogP) is 3.85. The van der Waals surface area contributed by atoms with E-state index in [2.05, 4.69) is 5.32 Å². The van der Waals surface area contributed by atoms with Crippen LogP contribution in [0.25, 0.3) is 0 Å². The molecule has 0 saturated carbocycles. The first-order chi connectivity index (χ1) is 15.1. The maximum absolute atomic E-state index is 13.2. The summed E-state index contributed by atoms with van der Waals surface area (Å²) in [5.74, 6) is -2.43. The lowest BCUT2D eigenvalue weighted by Crippen LogP contribution is -2.36. The van der Waals surface area contributed by atoms with Crippen molar-refractivity contribution in [2.75, 3.05) is 18.4 Å². The van der Waals surface area contributed by atoms with Gasteiger partial charge in [0.1, 0.15) is 5.60 Å². The van der Waals surface area contributed by atoms with Gasteiger partial charge in [-0.2, -0.15) is 5.26 Å². The molecule has 1 aliphatic rings. The summed E-state index contributed by atoms with van der Waals surface area (Å²) in [4.78, 5) is 38.7. The van der Waals surface area contributed by atoms with Gasteiger partial charge >= 0.3 is 12.1 Å². The van der Waals surface area contributed by atoms with Crippen LogP contribution in [0.3, 0.4) is 0 Å².